The Balaban J connectivity index is 2.46. The number of carboxylic acids is 1. The molecule has 0 aliphatic carbocycles. The molecule has 84 valence electrons. The summed E-state index contributed by atoms with van der Waals surface area (Å²) in [6.07, 6.45) is -0.656. The minimum Gasteiger partial charge on any atom is -0.481 e. The third kappa shape index (κ3) is 1.72. The number of fused-ring (bicyclic) bond motifs is 1. The summed E-state index contributed by atoms with van der Waals surface area (Å²) in [5, 5.41) is 18.4. The summed E-state index contributed by atoms with van der Waals surface area (Å²) in [5.41, 5.74) is 3.59. The highest BCUT2D eigenvalue weighted by atomic mass is 16.5. The number of aliphatic carboxylic acids is 1. The average Bonchev–Trinajstić information content (AvgIpc) is 2.49. The van der Waals surface area contributed by atoms with Crippen LogP contribution in [0.4, 0.5) is 0 Å². The zero-order chi connectivity index (χ0) is 11.9. The maximum Gasteiger partial charge on any atom is 0.492 e. The van der Waals surface area contributed by atoms with Crippen molar-refractivity contribution in [3.63, 3.8) is 0 Å². The number of hydrogen-bond donors (Lipinski definition) is 2. The number of aryl methyl sites for hydroxylation is 1. The fraction of sp³-hybridized carbons (Fsp3) is 0.364. The minimum absolute atomic E-state index is 0.117. The van der Waals surface area contributed by atoms with Gasteiger partial charge in [-0.25, -0.2) is 0 Å². The van der Waals surface area contributed by atoms with Crippen molar-refractivity contribution in [2.45, 2.75) is 26.4 Å². The minimum atomic E-state index is -1.00. The Morgan fingerprint density at radius 1 is 1.50 bits per heavy atom. The first-order chi connectivity index (χ1) is 7.50. The summed E-state index contributed by atoms with van der Waals surface area (Å²) in [6, 6.07) is 3.70. The van der Waals surface area contributed by atoms with Gasteiger partial charge >= 0.3 is 13.1 Å². The Hall–Kier alpha value is -1.33. The highest BCUT2D eigenvalue weighted by Crippen LogP contribution is 2.30. The van der Waals surface area contributed by atoms with Crippen molar-refractivity contribution < 1.29 is 19.6 Å². The number of carboxylic acid groups (broad SMARTS) is 1. The molecule has 0 saturated carbocycles. The van der Waals surface area contributed by atoms with Crippen molar-refractivity contribution in [1.29, 1.82) is 0 Å². The highest BCUT2D eigenvalue weighted by Gasteiger charge is 2.37. The first-order valence-electron chi connectivity index (χ1n) is 5.16. The Morgan fingerprint density at radius 3 is 2.81 bits per heavy atom. The molecule has 1 aromatic carbocycles. The first kappa shape index (κ1) is 11.2. The van der Waals surface area contributed by atoms with Gasteiger partial charge < -0.3 is 14.8 Å². The number of rotatable bonds is 2. The van der Waals surface area contributed by atoms with Crippen LogP contribution >= 0.6 is 0 Å². The van der Waals surface area contributed by atoms with Crippen molar-refractivity contribution in [3.8, 4) is 0 Å². The van der Waals surface area contributed by atoms with Gasteiger partial charge in [-0.1, -0.05) is 12.1 Å². The maximum absolute atomic E-state index is 10.7. The molecule has 5 heteroatoms. The van der Waals surface area contributed by atoms with Crippen LogP contribution < -0.4 is 5.46 Å². The highest BCUT2D eigenvalue weighted by molar-refractivity contribution is 6.61. The van der Waals surface area contributed by atoms with Crippen molar-refractivity contribution in [3.05, 3.63) is 28.8 Å². The van der Waals surface area contributed by atoms with Gasteiger partial charge in [-0.15, -0.1) is 0 Å². The summed E-state index contributed by atoms with van der Waals surface area (Å²) >= 11 is 0. The predicted octanol–water partition coefficient (Wildman–Crippen LogP) is 0.537. The van der Waals surface area contributed by atoms with E-state index in [0.29, 0.717) is 5.46 Å². The third-order valence-electron chi connectivity index (χ3n) is 3.06. The molecule has 0 spiro atoms. The molecule has 1 unspecified atom stereocenters. The van der Waals surface area contributed by atoms with Gasteiger partial charge in [-0.3, -0.25) is 4.79 Å². The first-order valence-corrected chi connectivity index (χ1v) is 5.16. The lowest BCUT2D eigenvalue weighted by Gasteiger charge is -2.13. The molecule has 0 amide bonds. The average molecular weight is 220 g/mol. The Kier molecular flexibility index (Phi) is 2.74. The standard InChI is InChI=1S/C11H13BO4/c1-6-3-4-8-11(7(6)2)9(5-10(13)14)16-12(8)15/h3-4,9,15H,5H2,1-2H3,(H,13,14). The van der Waals surface area contributed by atoms with Crippen LogP contribution in [0.3, 0.4) is 0 Å². The van der Waals surface area contributed by atoms with E-state index < -0.39 is 19.2 Å². The van der Waals surface area contributed by atoms with E-state index in [-0.39, 0.29) is 6.42 Å². The van der Waals surface area contributed by atoms with Crippen molar-refractivity contribution in [1.82, 2.24) is 0 Å². The van der Waals surface area contributed by atoms with Gasteiger partial charge in [-0.2, -0.15) is 0 Å². The number of carbonyl (C=O) groups is 1. The van der Waals surface area contributed by atoms with Crippen molar-refractivity contribution >= 4 is 18.6 Å². The van der Waals surface area contributed by atoms with Crippen LogP contribution in [-0.4, -0.2) is 23.2 Å². The smallest absolute Gasteiger partial charge is 0.481 e. The van der Waals surface area contributed by atoms with Gasteiger partial charge in [0.2, 0.25) is 0 Å². The van der Waals surface area contributed by atoms with E-state index in [0.717, 1.165) is 16.7 Å². The summed E-state index contributed by atoms with van der Waals surface area (Å²) in [6.45, 7) is 3.88. The molecule has 1 atom stereocenters. The Bertz CT molecular complexity index is 444. The molecule has 4 nitrogen and oxygen atoms in total. The second-order valence-electron chi connectivity index (χ2n) is 4.09. The predicted molar refractivity (Wildman–Crippen MR) is 59.6 cm³/mol. The SMILES string of the molecule is Cc1ccc2c(c1C)C(CC(=O)O)OB2O. The molecule has 2 rings (SSSR count). The van der Waals surface area contributed by atoms with Gasteiger partial charge in [0.05, 0.1) is 12.5 Å². The van der Waals surface area contributed by atoms with Gasteiger partial charge in [0, 0.05) is 0 Å². The van der Waals surface area contributed by atoms with Crippen LogP contribution in [0.25, 0.3) is 0 Å². The lowest BCUT2D eigenvalue weighted by molar-refractivity contribution is -0.138. The summed E-state index contributed by atoms with van der Waals surface area (Å²) in [7, 11) is -1.00. The number of hydrogen-bond acceptors (Lipinski definition) is 3. The summed E-state index contributed by atoms with van der Waals surface area (Å²) in [4.78, 5) is 10.7. The zero-order valence-corrected chi connectivity index (χ0v) is 9.23. The topological polar surface area (TPSA) is 66.8 Å². The molecule has 1 aliphatic heterocycles. The Labute approximate surface area is 94.0 Å². The molecular weight excluding hydrogens is 207 g/mol. The fourth-order valence-corrected chi connectivity index (χ4v) is 2.11. The third-order valence-corrected chi connectivity index (χ3v) is 3.06. The van der Waals surface area contributed by atoms with Gasteiger partial charge in [0.25, 0.3) is 0 Å². The van der Waals surface area contributed by atoms with Gasteiger partial charge in [-0.05, 0) is 36.0 Å². The van der Waals surface area contributed by atoms with E-state index in [9.17, 15) is 9.82 Å². The molecule has 0 bridgehead atoms. The van der Waals surface area contributed by atoms with Crippen LogP contribution in [0.15, 0.2) is 12.1 Å². The van der Waals surface area contributed by atoms with E-state index in [1.165, 1.54) is 0 Å². The van der Waals surface area contributed by atoms with Crippen molar-refractivity contribution in [2.75, 3.05) is 0 Å². The van der Waals surface area contributed by atoms with E-state index in [2.05, 4.69) is 0 Å². The molecule has 16 heavy (non-hydrogen) atoms. The van der Waals surface area contributed by atoms with Crippen molar-refractivity contribution in [2.24, 2.45) is 0 Å². The van der Waals surface area contributed by atoms with Gasteiger partial charge in [0.15, 0.2) is 0 Å². The molecule has 1 aliphatic rings. The van der Waals surface area contributed by atoms with Crippen LogP contribution in [0.2, 0.25) is 0 Å². The molecule has 0 radical (unpaired) electrons. The summed E-state index contributed by atoms with van der Waals surface area (Å²) in [5.74, 6) is -0.925. The molecule has 0 fully saturated rings. The molecule has 0 aromatic heterocycles. The van der Waals surface area contributed by atoms with Crippen LogP contribution in [0.5, 0.6) is 0 Å². The monoisotopic (exact) mass is 220 g/mol. The lowest BCUT2D eigenvalue weighted by Crippen LogP contribution is -2.28. The molecule has 0 saturated heterocycles. The normalized spacial score (nSPS) is 18.7. The second kappa shape index (κ2) is 3.92. The van der Waals surface area contributed by atoms with E-state index in [1.807, 2.05) is 19.9 Å². The van der Waals surface area contributed by atoms with Crippen LogP contribution in [0, 0.1) is 13.8 Å². The summed E-state index contributed by atoms with van der Waals surface area (Å²) < 4.78 is 5.25. The lowest BCUT2D eigenvalue weighted by atomic mass is 9.77. The molecular formula is C11H13BO4. The van der Waals surface area contributed by atoms with E-state index in [1.54, 1.807) is 6.07 Å². The largest absolute Gasteiger partial charge is 0.492 e. The maximum atomic E-state index is 10.7. The van der Waals surface area contributed by atoms with Crippen LogP contribution in [-0.2, 0) is 9.45 Å². The Morgan fingerprint density at radius 2 is 2.19 bits per heavy atom. The van der Waals surface area contributed by atoms with Gasteiger partial charge in [0.1, 0.15) is 0 Å². The van der Waals surface area contributed by atoms with E-state index >= 15 is 0 Å². The second-order valence-corrected chi connectivity index (χ2v) is 4.09. The molecule has 1 aromatic rings. The molecule has 1 heterocycles. The number of benzene rings is 1. The van der Waals surface area contributed by atoms with Crippen LogP contribution in [0.1, 0.15) is 29.2 Å². The quantitative estimate of drug-likeness (QED) is 0.713. The fourth-order valence-electron chi connectivity index (χ4n) is 2.11. The van der Waals surface area contributed by atoms with E-state index in [4.69, 9.17) is 9.76 Å². The molecule has 2 N–H and O–H groups in total. The zero-order valence-electron chi connectivity index (χ0n) is 9.23.